The van der Waals surface area contributed by atoms with Crippen LogP contribution in [0, 0.1) is 6.92 Å². The maximum Gasteiger partial charge on any atom is 0.266 e. The van der Waals surface area contributed by atoms with Crippen molar-refractivity contribution in [2.75, 3.05) is 7.11 Å². The third-order valence-electron chi connectivity index (χ3n) is 5.05. The third kappa shape index (κ3) is 3.68. The number of fused-ring (bicyclic) bond motifs is 2. The van der Waals surface area contributed by atoms with Crippen LogP contribution in [0.25, 0.3) is 22.2 Å². The van der Waals surface area contributed by atoms with Crippen LogP contribution < -0.4 is 10.3 Å². The van der Waals surface area contributed by atoms with Gasteiger partial charge in [-0.1, -0.05) is 36.0 Å². The van der Waals surface area contributed by atoms with Crippen LogP contribution in [0.5, 0.6) is 5.75 Å². The number of thioether (sulfide) groups is 1. The molecule has 0 aliphatic carbocycles. The zero-order valence-corrected chi connectivity index (χ0v) is 18.0. The van der Waals surface area contributed by atoms with Crippen LogP contribution in [0.4, 0.5) is 0 Å². The maximum atomic E-state index is 13.4. The van der Waals surface area contributed by atoms with Crippen molar-refractivity contribution in [1.29, 1.82) is 0 Å². The molecule has 5 rings (SSSR count). The van der Waals surface area contributed by atoms with Gasteiger partial charge in [-0.25, -0.2) is 9.97 Å². The number of hydrogen-bond donors (Lipinski definition) is 0. The first kappa shape index (κ1) is 19.4. The number of ether oxygens (including phenoxy) is 1. The fourth-order valence-corrected chi connectivity index (χ4v) is 4.45. The number of pyridine rings is 1. The number of rotatable bonds is 5. The van der Waals surface area contributed by atoms with Crippen LogP contribution in [-0.2, 0) is 5.75 Å². The van der Waals surface area contributed by atoms with E-state index in [4.69, 9.17) is 14.7 Å². The summed E-state index contributed by atoms with van der Waals surface area (Å²) in [7, 11) is 1.61. The average Bonchev–Trinajstić information content (AvgIpc) is 3.20. The van der Waals surface area contributed by atoms with Crippen molar-refractivity contribution in [1.82, 2.24) is 18.9 Å². The molecule has 0 aliphatic heterocycles. The predicted molar refractivity (Wildman–Crippen MR) is 123 cm³/mol. The molecule has 31 heavy (non-hydrogen) atoms. The Morgan fingerprint density at radius 2 is 1.87 bits per heavy atom. The summed E-state index contributed by atoms with van der Waals surface area (Å²) in [5.74, 6) is 1.28. The molecule has 0 spiro atoms. The Morgan fingerprint density at radius 3 is 2.74 bits per heavy atom. The lowest BCUT2D eigenvalue weighted by atomic mass is 10.2. The summed E-state index contributed by atoms with van der Waals surface area (Å²) in [5.41, 5.74) is 4.29. The lowest BCUT2D eigenvalue weighted by molar-refractivity contribution is 0.414. The van der Waals surface area contributed by atoms with Crippen LogP contribution in [0.15, 0.2) is 83.0 Å². The van der Waals surface area contributed by atoms with E-state index in [2.05, 4.69) is 13.1 Å². The fraction of sp³-hybridized carbons (Fsp3) is 0.125. The largest absolute Gasteiger partial charge is 0.497 e. The monoisotopic (exact) mass is 428 g/mol. The smallest absolute Gasteiger partial charge is 0.266 e. The number of benzene rings is 2. The summed E-state index contributed by atoms with van der Waals surface area (Å²) < 4.78 is 9.03. The molecule has 0 saturated heterocycles. The molecule has 0 amide bonds. The van der Waals surface area contributed by atoms with Crippen LogP contribution in [0.2, 0.25) is 0 Å². The number of nitrogens with zero attached hydrogens (tertiary/aromatic N) is 4. The van der Waals surface area contributed by atoms with Gasteiger partial charge in [0.2, 0.25) is 0 Å². The molecular weight excluding hydrogens is 408 g/mol. The van der Waals surface area contributed by atoms with E-state index in [9.17, 15) is 4.79 Å². The molecule has 5 aromatic rings. The standard InChI is InChI=1S/C24H20N4O2S/c1-16-10-11-22-25-17(14-27(22)13-16)15-31-24-26-21-9-4-3-8-20(21)23(29)28(24)18-6-5-7-19(12-18)30-2/h3-14H,15H2,1-2H3. The number of para-hydroxylation sites is 1. The van der Waals surface area contributed by atoms with Gasteiger partial charge in [0.25, 0.3) is 5.56 Å². The van der Waals surface area contributed by atoms with E-state index in [1.54, 1.807) is 17.7 Å². The molecule has 6 nitrogen and oxygen atoms in total. The topological polar surface area (TPSA) is 61.4 Å². The lowest BCUT2D eigenvalue weighted by Crippen LogP contribution is -2.21. The minimum atomic E-state index is -0.105. The predicted octanol–water partition coefficient (Wildman–Crippen LogP) is 4.64. The van der Waals surface area contributed by atoms with Gasteiger partial charge in [-0.05, 0) is 42.8 Å². The van der Waals surface area contributed by atoms with Crippen molar-refractivity contribution >= 4 is 28.3 Å². The Morgan fingerprint density at radius 1 is 1.00 bits per heavy atom. The van der Waals surface area contributed by atoms with Gasteiger partial charge in [0.1, 0.15) is 11.4 Å². The molecule has 3 aromatic heterocycles. The number of aromatic nitrogens is 4. The molecule has 0 atom stereocenters. The highest BCUT2D eigenvalue weighted by Gasteiger charge is 2.15. The number of methoxy groups -OCH3 is 1. The van der Waals surface area contributed by atoms with E-state index < -0.39 is 0 Å². The molecule has 0 saturated carbocycles. The van der Waals surface area contributed by atoms with E-state index in [0.29, 0.717) is 27.6 Å². The van der Waals surface area contributed by atoms with Gasteiger partial charge in [0.05, 0.1) is 29.4 Å². The highest BCUT2D eigenvalue weighted by Crippen LogP contribution is 2.26. The van der Waals surface area contributed by atoms with Crippen molar-refractivity contribution in [2.24, 2.45) is 0 Å². The van der Waals surface area contributed by atoms with Gasteiger partial charge in [-0.2, -0.15) is 0 Å². The van der Waals surface area contributed by atoms with Gasteiger partial charge in [-0.3, -0.25) is 9.36 Å². The third-order valence-corrected chi connectivity index (χ3v) is 6.03. The molecule has 0 fully saturated rings. The summed E-state index contributed by atoms with van der Waals surface area (Å²) in [4.78, 5) is 22.9. The minimum Gasteiger partial charge on any atom is -0.497 e. The fourth-order valence-electron chi connectivity index (χ4n) is 3.55. The first-order valence-electron chi connectivity index (χ1n) is 9.85. The average molecular weight is 429 g/mol. The van der Waals surface area contributed by atoms with Crippen LogP contribution in [-0.4, -0.2) is 26.0 Å². The first-order valence-corrected chi connectivity index (χ1v) is 10.8. The summed E-state index contributed by atoms with van der Waals surface area (Å²) in [5, 5.41) is 1.20. The van der Waals surface area contributed by atoms with E-state index in [1.807, 2.05) is 65.2 Å². The highest BCUT2D eigenvalue weighted by atomic mass is 32.2. The molecule has 2 aromatic carbocycles. The molecule has 7 heteroatoms. The molecule has 0 unspecified atom stereocenters. The van der Waals surface area contributed by atoms with Crippen molar-refractivity contribution < 1.29 is 4.74 Å². The summed E-state index contributed by atoms with van der Waals surface area (Å²) >= 11 is 1.49. The summed E-state index contributed by atoms with van der Waals surface area (Å²) in [6, 6.07) is 18.9. The van der Waals surface area contributed by atoms with Gasteiger partial charge in [0, 0.05) is 24.2 Å². The molecule has 0 aliphatic rings. The molecule has 0 radical (unpaired) electrons. The zero-order valence-electron chi connectivity index (χ0n) is 17.1. The van der Waals surface area contributed by atoms with Crippen LogP contribution >= 0.6 is 11.8 Å². The van der Waals surface area contributed by atoms with Gasteiger partial charge < -0.3 is 9.14 Å². The van der Waals surface area contributed by atoms with Crippen molar-refractivity contribution in [2.45, 2.75) is 17.8 Å². The SMILES string of the molecule is COc1cccc(-n2c(SCc3cn4cc(C)ccc4n3)nc3ccccc3c2=O)c1. The quantitative estimate of drug-likeness (QED) is 0.301. The normalized spacial score (nSPS) is 11.3. The lowest BCUT2D eigenvalue weighted by Gasteiger charge is -2.13. The Balaban J connectivity index is 1.59. The van der Waals surface area contributed by atoms with Gasteiger partial charge in [0.15, 0.2) is 5.16 Å². The number of aryl methyl sites for hydroxylation is 1. The van der Waals surface area contributed by atoms with E-state index in [1.165, 1.54) is 17.3 Å². The van der Waals surface area contributed by atoms with E-state index >= 15 is 0 Å². The minimum absolute atomic E-state index is 0.105. The molecule has 0 bridgehead atoms. The maximum absolute atomic E-state index is 13.4. The number of imidazole rings is 1. The Labute approximate surface area is 183 Å². The summed E-state index contributed by atoms with van der Waals surface area (Å²) in [6.07, 6.45) is 4.07. The Kier molecular flexibility index (Phi) is 4.95. The second-order valence-electron chi connectivity index (χ2n) is 7.25. The zero-order chi connectivity index (χ0) is 21.4. The van der Waals surface area contributed by atoms with Crippen molar-refractivity contribution in [3.05, 3.63) is 94.7 Å². The van der Waals surface area contributed by atoms with Crippen molar-refractivity contribution in [3.63, 3.8) is 0 Å². The van der Waals surface area contributed by atoms with Crippen LogP contribution in [0.1, 0.15) is 11.3 Å². The molecule has 154 valence electrons. The Bertz CT molecular complexity index is 1470. The second kappa shape index (κ2) is 7.92. The summed E-state index contributed by atoms with van der Waals surface area (Å²) in [6.45, 7) is 2.06. The van der Waals surface area contributed by atoms with E-state index in [-0.39, 0.29) is 5.56 Å². The van der Waals surface area contributed by atoms with E-state index in [0.717, 1.165) is 17.0 Å². The van der Waals surface area contributed by atoms with Gasteiger partial charge >= 0.3 is 0 Å². The molecule has 3 heterocycles. The van der Waals surface area contributed by atoms with Crippen LogP contribution in [0.3, 0.4) is 0 Å². The highest BCUT2D eigenvalue weighted by molar-refractivity contribution is 7.98. The molecule has 0 N–H and O–H groups in total. The Hall–Kier alpha value is -3.58. The number of hydrogen-bond acceptors (Lipinski definition) is 5. The molecular formula is C24H20N4O2S. The first-order chi connectivity index (χ1) is 15.1. The van der Waals surface area contributed by atoms with Crippen molar-refractivity contribution in [3.8, 4) is 11.4 Å². The van der Waals surface area contributed by atoms with Gasteiger partial charge in [-0.15, -0.1) is 0 Å². The second-order valence-corrected chi connectivity index (χ2v) is 8.19.